The number of rotatable bonds is 2. The third-order valence-electron chi connectivity index (χ3n) is 2.03. The molecule has 0 aromatic heterocycles. The van der Waals surface area contributed by atoms with Crippen LogP contribution in [0.4, 0.5) is 4.79 Å². The fourth-order valence-electron chi connectivity index (χ4n) is 1.35. The normalized spacial score (nSPS) is 16.2. The molecule has 1 rings (SSSR count). The first-order chi connectivity index (χ1) is 7.78. The van der Waals surface area contributed by atoms with E-state index in [1.165, 1.54) is 11.0 Å². The van der Waals surface area contributed by atoms with Crippen molar-refractivity contribution < 1.29 is 19.4 Å². The summed E-state index contributed by atoms with van der Waals surface area (Å²) in [4.78, 5) is 23.5. The summed E-state index contributed by atoms with van der Waals surface area (Å²) in [5, 5.41) is 8.48. The molecule has 0 saturated heterocycles. The lowest BCUT2D eigenvalue weighted by Crippen LogP contribution is -2.32. The van der Waals surface area contributed by atoms with Crippen molar-refractivity contribution in [1.29, 1.82) is 0 Å². The zero-order valence-corrected chi connectivity index (χ0v) is 10.3. The van der Waals surface area contributed by atoms with Gasteiger partial charge in [-0.15, -0.1) is 0 Å². The first-order valence-corrected chi connectivity index (χ1v) is 5.39. The molecule has 0 aromatic carbocycles. The molecule has 0 aromatic rings. The highest BCUT2D eigenvalue weighted by Gasteiger charge is 2.23. The first-order valence-electron chi connectivity index (χ1n) is 5.39. The van der Waals surface area contributed by atoms with Crippen LogP contribution in [0.2, 0.25) is 0 Å². The molecule has 0 unspecified atom stereocenters. The molecule has 0 spiro atoms. The Morgan fingerprint density at radius 3 is 2.65 bits per heavy atom. The minimum atomic E-state index is -0.999. The lowest BCUT2D eigenvalue weighted by molar-refractivity contribution is -0.131. The average molecular weight is 239 g/mol. The number of aliphatic carboxylic acids is 1. The van der Waals surface area contributed by atoms with Crippen LogP contribution >= 0.6 is 0 Å². The topological polar surface area (TPSA) is 66.8 Å². The van der Waals surface area contributed by atoms with E-state index in [0.717, 1.165) is 11.6 Å². The van der Waals surface area contributed by atoms with Gasteiger partial charge in [0, 0.05) is 18.8 Å². The van der Waals surface area contributed by atoms with Crippen molar-refractivity contribution in [2.45, 2.75) is 32.8 Å². The Bertz CT molecular complexity index is 376. The molecule has 5 heteroatoms. The first kappa shape index (κ1) is 13.3. The summed E-state index contributed by atoms with van der Waals surface area (Å²) >= 11 is 0. The summed E-state index contributed by atoms with van der Waals surface area (Å²) in [6, 6.07) is 0. The number of carboxylic acid groups (broad SMARTS) is 1. The Balaban J connectivity index is 2.59. The van der Waals surface area contributed by atoms with Gasteiger partial charge in [0.05, 0.1) is 0 Å². The lowest BCUT2D eigenvalue weighted by atomic mass is 10.2. The maximum absolute atomic E-state index is 11.7. The van der Waals surface area contributed by atoms with Crippen molar-refractivity contribution in [3.63, 3.8) is 0 Å². The highest BCUT2D eigenvalue weighted by molar-refractivity contribution is 5.80. The molecule has 1 aliphatic rings. The van der Waals surface area contributed by atoms with Crippen LogP contribution in [0.5, 0.6) is 0 Å². The molecule has 0 bridgehead atoms. The second-order valence-corrected chi connectivity index (χ2v) is 4.80. The molecular formula is C12H17NO4. The molecular weight excluding hydrogens is 222 g/mol. The molecule has 1 N–H and O–H groups in total. The number of hydrogen-bond donors (Lipinski definition) is 1. The lowest BCUT2D eigenvalue weighted by Gasteiger charge is -2.23. The summed E-state index contributed by atoms with van der Waals surface area (Å²) in [5.74, 6) is -0.999. The second-order valence-electron chi connectivity index (χ2n) is 4.80. The molecule has 17 heavy (non-hydrogen) atoms. The number of carbonyl (C=O) groups is 2. The zero-order chi connectivity index (χ0) is 13.1. The summed E-state index contributed by atoms with van der Waals surface area (Å²) < 4.78 is 5.20. The summed E-state index contributed by atoms with van der Waals surface area (Å²) in [6.07, 6.45) is 4.41. The van der Waals surface area contributed by atoms with Crippen molar-refractivity contribution in [3.05, 3.63) is 23.9 Å². The Kier molecular flexibility index (Phi) is 3.93. The molecule has 5 nitrogen and oxygen atoms in total. The van der Waals surface area contributed by atoms with Crippen LogP contribution in [-0.4, -0.2) is 34.2 Å². The molecule has 0 radical (unpaired) electrons. The third-order valence-corrected chi connectivity index (χ3v) is 2.03. The zero-order valence-electron chi connectivity index (χ0n) is 10.3. The van der Waals surface area contributed by atoms with Crippen LogP contribution in [-0.2, 0) is 9.53 Å². The van der Waals surface area contributed by atoms with E-state index < -0.39 is 17.7 Å². The van der Waals surface area contributed by atoms with Crippen LogP contribution in [0.25, 0.3) is 0 Å². The number of carboxylic acids is 1. The fourth-order valence-corrected chi connectivity index (χ4v) is 1.35. The van der Waals surface area contributed by atoms with Gasteiger partial charge in [0.25, 0.3) is 0 Å². The Hall–Kier alpha value is -1.78. The van der Waals surface area contributed by atoms with E-state index in [-0.39, 0.29) is 0 Å². The second kappa shape index (κ2) is 5.03. The molecule has 0 atom stereocenters. The third kappa shape index (κ3) is 4.72. The van der Waals surface area contributed by atoms with Crippen LogP contribution in [0.15, 0.2) is 23.9 Å². The van der Waals surface area contributed by atoms with E-state index in [2.05, 4.69) is 0 Å². The van der Waals surface area contributed by atoms with E-state index in [9.17, 15) is 9.59 Å². The number of allylic oxidation sites excluding steroid dienone is 1. The van der Waals surface area contributed by atoms with E-state index in [1.807, 2.05) is 0 Å². The Morgan fingerprint density at radius 1 is 1.47 bits per heavy atom. The van der Waals surface area contributed by atoms with Crippen molar-refractivity contribution in [3.8, 4) is 0 Å². The van der Waals surface area contributed by atoms with Gasteiger partial charge in [0.2, 0.25) is 0 Å². The number of ether oxygens (including phenoxy) is 1. The molecule has 1 amide bonds. The quantitative estimate of drug-likeness (QED) is 0.750. The standard InChI is InChI=1S/C12H17NO4/c1-12(2,3)17-11(16)13-7-6-9(8-13)4-5-10(14)15/h4-5,8H,6-7H2,1-3H3,(H,14,15)/b5-4+. The highest BCUT2D eigenvalue weighted by Crippen LogP contribution is 2.18. The van der Waals surface area contributed by atoms with Crippen molar-refractivity contribution in [2.24, 2.45) is 0 Å². The predicted octanol–water partition coefficient (Wildman–Crippen LogP) is 2.15. The van der Waals surface area contributed by atoms with Crippen molar-refractivity contribution >= 4 is 12.1 Å². The molecule has 1 aliphatic heterocycles. The van der Waals surface area contributed by atoms with Crippen LogP contribution < -0.4 is 0 Å². The van der Waals surface area contributed by atoms with Gasteiger partial charge >= 0.3 is 12.1 Å². The van der Waals surface area contributed by atoms with Gasteiger partial charge in [-0.2, -0.15) is 0 Å². The van der Waals surface area contributed by atoms with E-state index >= 15 is 0 Å². The van der Waals surface area contributed by atoms with Gasteiger partial charge < -0.3 is 9.84 Å². The van der Waals surface area contributed by atoms with E-state index in [1.54, 1.807) is 27.0 Å². The fraction of sp³-hybridized carbons (Fsp3) is 0.500. The number of amides is 1. The Labute approximate surface area is 100 Å². The van der Waals surface area contributed by atoms with Crippen LogP contribution in [0, 0.1) is 0 Å². The number of hydrogen-bond acceptors (Lipinski definition) is 3. The number of carbonyl (C=O) groups excluding carboxylic acids is 1. The summed E-state index contributed by atoms with van der Waals surface area (Å²) in [6.45, 7) is 5.93. The van der Waals surface area contributed by atoms with Gasteiger partial charge in [-0.25, -0.2) is 9.59 Å². The van der Waals surface area contributed by atoms with Gasteiger partial charge in [-0.05, 0) is 32.8 Å². The van der Waals surface area contributed by atoms with E-state index in [4.69, 9.17) is 9.84 Å². The highest BCUT2D eigenvalue weighted by atomic mass is 16.6. The van der Waals surface area contributed by atoms with Gasteiger partial charge in [-0.1, -0.05) is 6.08 Å². The minimum absolute atomic E-state index is 0.406. The van der Waals surface area contributed by atoms with Gasteiger partial charge in [0.1, 0.15) is 5.60 Å². The summed E-state index contributed by atoms with van der Waals surface area (Å²) in [5.41, 5.74) is 0.281. The molecule has 0 aliphatic carbocycles. The maximum atomic E-state index is 11.7. The molecule has 94 valence electrons. The smallest absolute Gasteiger partial charge is 0.414 e. The predicted molar refractivity (Wildman–Crippen MR) is 62.4 cm³/mol. The van der Waals surface area contributed by atoms with Crippen LogP contribution in [0.1, 0.15) is 27.2 Å². The molecule has 0 fully saturated rings. The average Bonchev–Trinajstić information content (AvgIpc) is 2.60. The van der Waals surface area contributed by atoms with Gasteiger partial charge in [-0.3, -0.25) is 4.90 Å². The molecule has 0 saturated carbocycles. The monoisotopic (exact) mass is 239 g/mol. The van der Waals surface area contributed by atoms with Crippen molar-refractivity contribution in [2.75, 3.05) is 6.54 Å². The molecule has 1 heterocycles. The summed E-state index contributed by atoms with van der Waals surface area (Å²) in [7, 11) is 0. The SMILES string of the molecule is CC(C)(C)OC(=O)N1C=C(/C=C/C(=O)O)CC1. The maximum Gasteiger partial charge on any atom is 0.414 e. The Morgan fingerprint density at radius 2 is 2.12 bits per heavy atom. The largest absolute Gasteiger partial charge is 0.478 e. The van der Waals surface area contributed by atoms with Crippen molar-refractivity contribution in [1.82, 2.24) is 4.90 Å². The minimum Gasteiger partial charge on any atom is -0.478 e. The number of nitrogens with zero attached hydrogens (tertiary/aromatic N) is 1. The van der Waals surface area contributed by atoms with Crippen LogP contribution in [0.3, 0.4) is 0 Å². The van der Waals surface area contributed by atoms with E-state index in [0.29, 0.717) is 13.0 Å². The van der Waals surface area contributed by atoms with Gasteiger partial charge in [0.15, 0.2) is 0 Å².